The number of methoxy groups -OCH3 is 1. The highest BCUT2D eigenvalue weighted by atomic mass is 16.5. The molecule has 2 heterocycles. The maximum absolute atomic E-state index is 11.5. The maximum atomic E-state index is 11.5. The fraction of sp³-hybridized carbons (Fsp3) is 0.727. The fourth-order valence-corrected chi connectivity index (χ4v) is 2.74. The molecule has 2 aliphatic heterocycles. The Morgan fingerprint density at radius 1 is 1.64 bits per heavy atom. The number of hydrogen-bond donors (Lipinski definition) is 0. The SMILES string of the molecule is CCN1[C@@H]2CC=C(C(=O)OC)[C@H]1CC2. The average molecular weight is 195 g/mol. The Hall–Kier alpha value is -0.830. The van der Waals surface area contributed by atoms with Crippen LogP contribution in [0.3, 0.4) is 0 Å². The molecule has 14 heavy (non-hydrogen) atoms. The van der Waals surface area contributed by atoms with Gasteiger partial charge in [0.1, 0.15) is 0 Å². The van der Waals surface area contributed by atoms with Crippen molar-refractivity contribution in [2.24, 2.45) is 0 Å². The highest BCUT2D eigenvalue weighted by Crippen LogP contribution is 2.35. The van der Waals surface area contributed by atoms with Gasteiger partial charge in [-0.1, -0.05) is 13.0 Å². The monoisotopic (exact) mass is 195 g/mol. The van der Waals surface area contributed by atoms with E-state index in [1.807, 2.05) is 0 Å². The molecule has 0 N–H and O–H groups in total. The summed E-state index contributed by atoms with van der Waals surface area (Å²) in [6.45, 7) is 3.19. The van der Waals surface area contributed by atoms with Gasteiger partial charge in [-0.3, -0.25) is 4.90 Å². The van der Waals surface area contributed by atoms with Gasteiger partial charge in [-0.05, 0) is 25.8 Å². The zero-order valence-electron chi connectivity index (χ0n) is 8.82. The van der Waals surface area contributed by atoms with Crippen molar-refractivity contribution in [1.82, 2.24) is 4.90 Å². The Kier molecular flexibility index (Phi) is 2.59. The Balaban J connectivity index is 2.20. The van der Waals surface area contributed by atoms with Gasteiger partial charge in [-0.25, -0.2) is 4.79 Å². The highest BCUT2D eigenvalue weighted by Gasteiger charge is 2.39. The van der Waals surface area contributed by atoms with Crippen LogP contribution in [0.4, 0.5) is 0 Å². The van der Waals surface area contributed by atoms with Crippen LogP contribution in [0.25, 0.3) is 0 Å². The second-order valence-electron chi connectivity index (χ2n) is 3.96. The van der Waals surface area contributed by atoms with Gasteiger partial charge in [-0.15, -0.1) is 0 Å². The third-order valence-corrected chi connectivity index (χ3v) is 3.40. The molecule has 3 nitrogen and oxygen atoms in total. The van der Waals surface area contributed by atoms with Crippen LogP contribution in [-0.4, -0.2) is 36.6 Å². The molecule has 2 atom stereocenters. The number of carbonyl (C=O) groups excluding carboxylic acids is 1. The van der Waals surface area contributed by atoms with Gasteiger partial charge < -0.3 is 4.74 Å². The lowest BCUT2D eigenvalue weighted by Gasteiger charge is -2.32. The maximum Gasteiger partial charge on any atom is 0.335 e. The van der Waals surface area contributed by atoms with Crippen LogP contribution in [0.2, 0.25) is 0 Å². The lowest BCUT2D eigenvalue weighted by Crippen LogP contribution is -2.41. The molecule has 0 radical (unpaired) electrons. The van der Waals surface area contributed by atoms with E-state index in [4.69, 9.17) is 4.74 Å². The molecule has 3 heteroatoms. The van der Waals surface area contributed by atoms with Crippen molar-refractivity contribution in [1.29, 1.82) is 0 Å². The third-order valence-electron chi connectivity index (χ3n) is 3.40. The molecule has 78 valence electrons. The smallest absolute Gasteiger partial charge is 0.335 e. The number of carbonyl (C=O) groups is 1. The van der Waals surface area contributed by atoms with Crippen molar-refractivity contribution in [3.63, 3.8) is 0 Å². The predicted octanol–water partition coefficient (Wildman–Crippen LogP) is 1.34. The summed E-state index contributed by atoms with van der Waals surface area (Å²) in [5.41, 5.74) is 0.878. The molecule has 2 aliphatic rings. The first-order valence-electron chi connectivity index (χ1n) is 5.32. The van der Waals surface area contributed by atoms with Crippen molar-refractivity contribution in [3.8, 4) is 0 Å². The van der Waals surface area contributed by atoms with Crippen LogP contribution >= 0.6 is 0 Å². The molecule has 0 aromatic carbocycles. The normalized spacial score (nSPS) is 31.4. The van der Waals surface area contributed by atoms with Crippen LogP contribution in [0.15, 0.2) is 11.6 Å². The minimum Gasteiger partial charge on any atom is -0.466 e. The van der Waals surface area contributed by atoms with E-state index in [9.17, 15) is 4.79 Å². The molecular formula is C11H17NO2. The number of ether oxygens (including phenoxy) is 1. The van der Waals surface area contributed by atoms with Crippen molar-refractivity contribution in [2.75, 3.05) is 13.7 Å². The summed E-state index contributed by atoms with van der Waals surface area (Å²) < 4.78 is 4.80. The standard InChI is InChI=1S/C11H17NO2/c1-3-12-8-4-6-9(11(13)14-2)10(12)7-5-8/h6,8,10H,3-5,7H2,1-2H3/t8-,10-/m1/s1. The van der Waals surface area contributed by atoms with Crippen molar-refractivity contribution < 1.29 is 9.53 Å². The first-order valence-corrected chi connectivity index (χ1v) is 5.32. The van der Waals surface area contributed by atoms with Crippen LogP contribution < -0.4 is 0 Å². The van der Waals surface area contributed by atoms with E-state index in [2.05, 4.69) is 17.9 Å². The van der Waals surface area contributed by atoms with E-state index >= 15 is 0 Å². The molecule has 0 saturated carbocycles. The minimum atomic E-state index is -0.145. The molecule has 0 aromatic rings. The van der Waals surface area contributed by atoms with E-state index in [0.29, 0.717) is 12.1 Å². The van der Waals surface area contributed by atoms with Crippen molar-refractivity contribution >= 4 is 5.97 Å². The zero-order chi connectivity index (χ0) is 10.1. The summed E-state index contributed by atoms with van der Waals surface area (Å²) in [5, 5.41) is 0. The van der Waals surface area contributed by atoms with Gasteiger partial charge in [0.2, 0.25) is 0 Å². The first-order chi connectivity index (χ1) is 6.77. The lowest BCUT2D eigenvalue weighted by atomic mass is 10.0. The summed E-state index contributed by atoms with van der Waals surface area (Å²) in [6.07, 6.45) is 5.41. The molecule has 0 aliphatic carbocycles. The first kappa shape index (κ1) is 9.71. The number of likely N-dealkylation sites (N-methyl/N-ethyl adjacent to an activating group) is 1. The largest absolute Gasteiger partial charge is 0.466 e. The molecule has 0 unspecified atom stereocenters. The summed E-state index contributed by atoms with van der Waals surface area (Å²) in [6, 6.07) is 0.990. The van der Waals surface area contributed by atoms with Gasteiger partial charge >= 0.3 is 5.97 Å². The van der Waals surface area contributed by atoms with Gasteiger partial charge in [0.25, 0.3) is 0 Å². The number of esters is 1. The summed E-state index contributed by atoms with van der Waals surface area (Å²) in [4.78, 5) is 13.9. The Morgan fingerprint density at radius 3 is 3.07 bits per heavy atom. The number of nitrogens with zero attached hydrogens (tertiary/aromatic N) is 1. The molecule has 0 amide bonds. The Labute approximate surface area is 84.7 Å². The average Bonchev–Trinajstić information content (AvgIpc) is 2.50. The predicted molar refractivity (Wildman–Crippen MR) is 53.9 cm³/mol. The van der Waals surface area contributed by atoms with Crippen LogP contribution in [0.5, 0.6) is 0 Å². The van der Waals surface area contributed by atoms with E-state index in [1.165, 1.54) is 13.5 Å². The van der Waals surface area contributed by atoms with Crippen LogP contribution in [0, 0.1) is 0 Å². The summed E-state index contributed by atoms with van der Waals surface area (Å²) in [7, 11) is 1.46. The molecule has 1 fully saturated rings. The summed E-state index contributed by atoms with van der Waals surface area (Å²) >= 11 is 0. The Bertz CT molecular complexity index is 272. The molecule has 0 spiro atoms. The second kappa shape index (κ2) is 3.73. The van der Waals surface area contributed by atoms with E-state index in [-0.39, 0.29) is 5.97 Å². The highest BCUT2D eigenvalue weighted by molar-refractivity contribution is 5.90. The lowest BCUT2D eigenvalue weighted by molar-refractivity contribution is -0.137. The quantitative estimate of drug-likeness (QED) is 0.623. The van der Waals surface area contributed by atoms with Gasteiger partial charge in [0.15, 0.2) is 0 Å². The molecule has 0 aromatic heterocycles. The van der Waals surface area contributed by atoms with E-state index < -0.39 is 0 Å². The van der Waals surface area contributed by atoms with E-state index in [0.717, 1.165) is 25.0 Å². The van der Waals surface area contributed by atoms with Gasteiger partial charge in [-0.2, -0.15) is 0 Å². The van der Waals surface area contributed by atoms with Gasteiger partial charge in [0, 0.05) is 12.1 Å². The fourth-order valence-electron chi connectivity index (χ4n) is 2.74. The Morgan fingerprint density at radius 2 is 2.43 bits per heavy atom. The molecular weight excluding hydrogens is 178 g/mol. The molecule has 2 bridgehead atoms. The summed E-state index contributed by atoms with van der Waals surface area (Å²) in [5.74, 6) is -0.145. The number of fused-ring (bicyclic) bond motifs is 2. The van der Waals surface area contributed by atoms with Crippen LogP contribution in [0.1, 0.15) is 26.2 Å². The van der Waals surface area contributed by atoms with Gasteiger partial charge in [0.05, 0.1) is 12.7 Å². The van der Waals surface area contributed by atoms with Crippen LogP contribution in [-0.2, 0) is 9.53 Å². The topological polar surface area (TPSA) is 29.5 Å². The third kappa shape index (κ3) is 1.36. The molecule has 2 rings (SSSR count). The zero-order valence-corrected chi connectivity index (χ0v) is 8.82. The van der Waals surface area contributed by atoms with E-state index in [1.54, 1.807) is 0 Å². The second-order valence-corrected chi connectivity index (χ2v) is 3.96. The number of hydrogen-bond acceptors (Lipinski definition) is 3. The van der Waals surface area contributed by atoms with Crippen molar-refractivity contribution in [2.45, 2.75) is 38.3 Å². The van der Waals surface area contributed by atoms with Crippen molar-refractivity contribution in [3.05, 3.63) is 11.6 Å². The molecule has 1 saturated heterocycles. The minimum absolute atomic E-state index is 0.145. The number of rotatable bonds is 2.